The second kappa shape index (κ2) is 7.16. The van der Waals surface area contributed by atoms with Gasteiger partial charge in [0.1, 0.15) is 5.56 Å². The van der Waals surface area contributed by atoms with Crippen LogP contribution in [0.4, 0.5) is 5.69 Å². The Labute approximate surface area is 122 Å². The number of nitrogens with zero attached hydrogens (tertiary/aromatic N) is 3. The molecular formula is C12H17ClN4O3. The molecule has 0 spiro atoms. The summed E-state index contributed by atoms with van der Waals surface area (Å²) in [5.74, 6) is -0.529. The highest BCUT2D eigenvalue weighted by molar-refractivity contribution is 6.32. The minimum Gasteiger partial charge on any atom is -0.351 e. The molecule has 7 nitrogen and oxygen atoms in total. The molecule has 0 aliphatic carbocycles. The van der Waals surface area contributed by atoms with E-state index < -0.39 is 16.5 Å². The normalized spacial score (nSPS) is 10.9. The van der Waals surface area contributed by atoms with Crippen LogP contribution in [-0.4, -0.2) is 46.9 Å². The average molecular weight is 301 g/mol. The summed E-state index contributed by atoms with van der Waals surface area (Å²) in [6.07, 6.45) is 1.27. The fourth-order valence-corrected chi connectivity index (χ4v) is 1.71. The van der Waals surface area contributed by atoms with Crippen molar-refractivity contribution in [1.29, 1.82) is 0 Å². The summed E-state index contributed by atoms with van der Waals surface area (Å²) in [6.45, 7) is 5.12. The molecule has 0 fully saturated rings. The minimum atomic E-state index is -0.704. The molecule has 110 valence electrons. The molecule has 1 rings (SSSR count). The van der Waals surface area contributed by atoms with Crippen molar-refractivity contribution < 1.29 is 9.72 Å². The Morgan fingerprint density at radius 1 is 1.60 bits per heavy atom. The smallest absolute Gasteiger partial charge is 0.319 e. The van der Waals surface area contributed by atoms with Gasteiger partial charge in [-0.05, 0) is 27.0 Å². The largest absolute Gasteiger partial charge is 0.351 e. The molecule has 0 aliphatic heterocycles. The lowest BCUT2D eigenvalue weighted by Gasteiger charge is -2.20. The SMILES string of the molecule is CC(C)N(C)CCNC(=O)c1ccnc(Cl)c1[N+](=O)[O-]. The van der Waals surface area contributed by atoms with Crippen molar-refractivity contribution in [2.24, 2.45) is 0 Å². The van der Waals surface area contributed by atoms with Crippen LogP contribution in [-0.2, 0) is 0 Å². The quantitative estimate of drug-likeness (QED) is 0.491. The Morgan fingerprint density at radius 2 is 2.25 bits per heavy atom. The maximum Gasteiger partial charge on any atom is 0.319 e. The van der Waals surface area contributed by atoms with E-state index >= 15 is 0 Å². The van der Waals surface area contributed by atoms with Gasteiger partial charge in [-0.3, -0.25) is 14.9 Å². The number of rotatable bonds is 6. The van der Waals surface area contributed by atoms with Crippen LogP contribution >= 0.6 is 11.6 Å². The fourth-order valence-electron chi connectivity index (χ4n) is 1.48. The van der Waals surface area contributed by atoms with Crippen LogP contribution in [0.3, 0.4) is 0 Å². The number of carbonyl (C=O) groups excluding carboxylic acids is 1. The molecule has 0 saturated carbocycles. The van der Waals surface area contributed by atoms with Crippen LogP contribution in [0.25, 0.3) is 0 Å². The summed E-state index contributed by atoms with van der Waals surface area (Å²) in [5.41, 5.74) is -0.550. The van der Waals surface area contributed by atoms with Crippen molar-refractivity contribution in [3.05, 3.63) is 33.1 Å². The van der Waals surface area contributed by atoms with Crippen molar-refractivity contribution in [3.63, 3.8) is 0 Å². The summed E-state index contributed by atoms with van der Waals surface area (Å²) in [7, 11) is 1.93. The van der Waals surface area contributed by atoms with E-state index in [-0.39, 0.29) is 10.7 Å². The van der Waals surface area contributed by atoms with E-state index in [1.807, 2.05) is 25.8 Å². The van der Waals surface area contributed by atoms with Crippen LogP contribution in [0, 0.1) is 10.1 Å². The molecular weight excluding hydrogens is 284 g/mol. The Bertz CT molecular complexity index is 507. The third-order valence-electron chi connectivity index (χ3n) is 2.94. The summed E-state index contributed by atoms with van der Waals surface area (Å²) in [5, 5.41) is 13.3. The van der Waals surface area contributed by atoms with Gasteiger partial charge in [0.2, 0.25) is 5.15 Å². The Balaban J connectivity index is 2.74. The van der Waals surface area contributed by atoms with E-state index in [9.17, 15) is 14.9 Å². The zero-order valence-corrected chi connectivity index (χ0v) is 12.3. The minimum absolute atomic E-state index is 0.0813. The summed E-state index contributed by atoms with van der Waals surface area (Å²) in [4.78, 5) is 27.8. The third-order valence-corrected chi connectivity index (χ3v) is 3.22. The number of hydrogen-bond acceptors (Lipinski definition) is 5. The van der Waals surface area contributed by atoms with Crippen LogP contribution < -0.4 is 5.32 Å². The van der Waals surface area contributed by atoms with E-state index in [1.54, 1.807) is 0 Å². The average Bonchev–Trinajstić information content (AvgIpc) is 2.37. The number of halogens is 1. The zero-order chi connectivity index (χ0) is 15.3. The van der Waals surface area contributed by atoms with E-state index in [0.29, 0.717) is 19.1 Å². The molecule has 0 bridgehead atoms. The molecule has 0 radical (unpaired) electrons. The molecule has 0 aliphatic rings. The molecule has 0 atom stereocenters. The van der Waals surface area contributed by atoms with Crippen LogP contribution in [0.15, 0.2) is 12.3 Å². The monoisotopic (exact) mass is 300 g/mol. The second-order valence-corrected chi connectivity index (χ2v) is 4.94. The van der Waals surface area contributed by atoms with Gasteiger partial charge in [0.25, 0.3) is 5.91 Å². The number of amides is 1. The van der Waals surface area contributed by atoms with Crippen LogP contribution in [0.1, 0.15) is 24.2 Å². The van der Waals surface area contributed by atoms with E-state index in [2.05, 4.69) is 10.3 Å². The predicted molar refractivity (Wildman–Crippen MR) is 76.0 cm³/mol. The van der Waals surface area contributed by atoms with Crippen molar-refractivity contribution in [2.75, 3.05) is 20.1 Å². The van der Waals surface area contributed by atoms with Gasteiger partial charge in [0.15, 0.2) is 0 Å². The third kappa shape index (κ3) is 4.14. The first-order valence-corrected chi connectivity index (χ1v) is 6.49. The van der Waals surface area contributed by atoms with Gasteiger partial charge in [-0.25, -0.2) is 4.98 Å². The molecule has 0 saturated heterocycles. The lowest BCUT2D eigenvalue weighted by molar-refractivity contribution is -0.385. The Hall–Kier alpha value is -1.73. The molecule has 20 heavy (non-hydrogen) atoms. The maximum atomic E-state index is 12.0. The first-order valence-electron chi connectivity index (χ1n) is 6.12. The fraction of sp³-hybridized carbons (Fsp3) is 0.500. The number of nitro groups is 1. The number of hydrogen-bond donors (Lipinski definition) is 1. The molecule has 1 aromatic heterocycles. The van der Waals surface area contributed by atoms with Gasteiger partial charge in [-0.1, -0.05) is 11.6 Å². The Kier molecular flexibility index (Phi) is 5.84. The van der Waals surface area contributed by atoms with Crippen LogP contribution in [0.2, 0.25) is 5.15 Å². The Morgan fingerprint density at radius 3 is 2.80 bits per heavy atom. The van der Waals surface area contributed by atoms with Gasteiger partial charge in [0, 0.05) is 25.3 Å². The standard InChI is InChI=1S/C12H17ClN4O3/c1-8(2)16(3)7-6-15-12(18)9-4-5-14-11(13)10(9)17(19)20/h4-5,8H,6-7H2,1-3H3,(H,15,18). The number of carbonyl (C=O) groups is 1. The summed E-state index contributed by atoms with van der Waals surface area (Å²) < 4.78 is 0. The van der Waals surface area contributed by atoms with Crippen molar-refractivity contribution >= 4 is 23.2 Å². The predicted octanol–water partition coefficient (Wildman–Crippen LogP) is 1.71. The number of likely N-dealkylation sites (N-methyl/N-ethyl adjacent to an activating group) is 1. The second-order valence-electron chi connectivity index (χ2n) is 4.59. The van der Waals surface area contributed by atoms with Gasteiger partial charge in [-0.2, -0.15) is 0 Å². The first kappa shape index (κ1) is 16.3. The molecule has 1 N–H and O–H groups in total. The molecule has 8 heteroatoms. The van der Waals surface area contributed by atoms with Crippen molar-refractivity contribution in [2.45, 2.75) is 19.9 Å². The summed E-state index contributed by atoms with van der Waals surface area (Å²) in [6, 6.07) is 1.64. The van der Waals surface area contributed by atoms with Gasteiger partial charge >= 0.3 is 5.69 Å². The van der Waals surface area contributed by atoms with Gasteiger partial charge in [-0.15, -0.1) is 0 Å². The lowest BCUT2D eigenvalue weighted by atomic mass is 10.2. The van der Waals surface area contributed by atoms with Crippen LogP contribution in [0.5, 0.6) is 0 Å². The molecule has 1 aromatic rings. The zero-order valence-electron chi connectivity index (χ0n) is 11.6. The molecule has 1 heterocycles. The topological polar surface area (TPSA) is 88.4 Å². The number of pyridine rings is 1. The highest BCUT2D eigenvalue weighted by Gasteiger charge is 2.24. The van der Waals surface area contributed by atoms with Crippen molar-refractivity contribution in [1.82, 2.24) is 15.2 Å². The highest BCUT2D eigenvalue weighted by atomic mass is 35.5. The van der Waals surface area contributed by atoms with Gasteiger partial charge < -0.3 is 10.2 Å². The summed E-state index contributed by atoms with van der Waals surface area (Å²) >= 11 is 5.65. The van der Waals surface area contributed by atoms with Gasteiger partial charge in [0.05, 0.1) is 4.92 Å². The first-order chi connectivity index (χ1) is 9.34. The highest BCUT2D eigenvalue weighted by Crippen LogP contribution is 2.25. The number of nitrogens with one attached hydrogen (secondary N) is 1. The lowest BCUT2D eigenvalue weighted by Crippen LogP contribution is -2.36. The van der Waals surface area contributed by atoms with Crippen molar-refractivity contribution in [3.8, 4) is 0 Å². The molecule has 1 amide bonds. The van der Waals surface area contributed by atoms with E-state index in [4.69, 9.17) is 11.6 Å². The molecule has 0 aromatic carbocycles. The van der Waals surface area contributed by atoms with E-state index in [1.165, 1.54) is 12.3 Å². The number of aromatic nitrogens is 1. The maximum absolute atomic E-state index is 12.0. The molecule has 0 unspecified atom stereocenters. The van der Waals surface area contributed by atoms with E-state index in [0.717, 1.165) is 0 Å².